The van der Waals surface area contributed by atoms with Gasteiger partial charge in [-0.2, -0.15) is 4.72 Å². The summed E-state index contributed by atoms with van der Waals surface area (Å²) < 4.78 is 31.8. The van der Waals surface area contributed by atoms with Crippen molar-refractivity contribution in [1.82, 2.24) is 4.72 Å². The molecule has 2 N–H and O–H groups in total. The molecule has 116 valence electrons. The number of carboxylic acid groups (broad SMARTS) is 1. The second-order valence-electron chi connectivity index (χ2n) is 4.81. The Balaban J connectivity index is 2.34. The van der Waals surface area contributed by atoms with Crippen molar-refractivity contribution in [2.45, 2.75) is 24.8 Å². The molecule has 1 aliphatic heterocycles. The fourth-order valence-corrected chi connectivity index (χ4v) is 3.21. The minimum Gasteiger partial charge on any atom is -0.487 e. The lowest BCUT2D eigenvalue weighted by Crippen LogP contribution is -2.38. The van der Waals surface area contributed by atoms with Crippen molar-refractivity contribution >= 4 is 21.7 Å². The number of carbonyl (C=O) groups is 1. The quantitative estimate of drug-likeness (QED) is 0.829. The molecule has 7 nitrogen and oxygen atoms in total. The van der Waals surface area contributed by atoms with E-state index in [-0.39, 0.29) is 11.0 Å². The van der Waals surface area contributed by atoms with Gasteiger partial charge in [-0.05, 0) is 32.0 Å². The normalized spacial score (nSPS) is 18.0. The number of anilines is 1. The predicted molar refractivity (Wildman–Crippen MR) is 77.2 cm³/mol. The van der Waals surface area contributed by atoms with E-state index in [0.29, 0.717) is 18.0 Å². The van der Waals surface area contributed by atoms with E-state index in [1.165, 1.54) is 12.1 Å². The summed E-state index contributed by atoms with van der Waals surface area (Å²) in [5, 5.41) is 8.57. The van der Waals surface area contributed by atoms with Crippen LogP contribution in [0.3, 0.4) is 0 Å². The Morgan fingerprint density at radius 2 is 2.24 bits per heavy atom. The lowest BCUT2D eigenvalue weighted by Gasteiger charge is -2.34. The van der Waals surface area contributed by atoms with Gasteiger partial charge in [0.15, 0.2) is 0 Å². The molecule has 1 aliphatic rings. The van der Waals surface area contributed by atoms with Crippen molar-refractivity contribution < 1.29 is 23.1 Å². The number of fused-ring (bicyclic) bond motifs is 1. The first-order chi connectivity index (χ1) is 9.83. The topological polar surface area (TPSA) is 95.9 Å². The van der Waals surface area contributed by atoms with Crippen molar-refractivity contribution in [3.63, 3.8) is 0 Å². The van der Waals surface area contributed by atoms with Crippen LogP contribution in [0.5, 0.6) is 5.75 Å². The van der Waals surface area contributed by atoms with Gasteiger partial charge in [0.1, 0.15) is 18.4 Å². The van der Waals surface area contributed by atoms with E-state index in [0.717, 1.165) is 6.54 Å². The van der Waals surface area contributed by atoms with Crippen molar-refractivity contribution in [1.29, 1.82) is 0 Å². The Morgan fingerprint density at radius 3 is 2.86 bits per heavy atom. The minimum atomic E-state index is -3.85. The molecule has 1 aromatic rings. The second kappa shape index (κ2) is 5.90. The Morgan fingerprint density at radius 1 is 1.52 bits per heavy atom. The van der Waals surface area contributed by atoms with E-state index < -0.39 is 22.5 Å². The molecule has 0 bridgehead atoms. The first-order valence-electron chi connectivity index (χ1n) is 6.60. The molecule has 0 aliphatic carbocycles. The lowest BCUT2D eigenvalue weighted by atomic mass is 10.2. The predicted octanol–water partition coefficient (Wildman–Crippen LogP) is 0.657. The summed E-state index contributed by atoms with van der Waals surface area (Å²) in [6.45, 7) is 4.68. The zero-order valence-corrected chi connectivity index (χ0v) is 12.7. The molecule has 0 amide bonds. The maximum atomic E-state index is 12.0. The van der Waals surface area contributed by atoms with Gasteiger partial charge < -0.3 is 14.7 Å². The van der Waals surface area contributed by atoms with E-state index in [1.807, 2.05) is 23.5 Å². The molecule has 0 saturated heterocycles. The fraction of sp³-hybridized carbons (Fsp3) is 0.462. The van der Waals surface area contributed by atoms with E-state index in [2.05, 4.69) is 0 Å². The molecule has 1 unspecified atom stereocenters. The molecular weight excluding hydrogens is 296 g/mol. The molecule has 0 fully saturated rings. The number of sulfonamides is 1. The van der Waals surface area contributed by atoms with Crippen molar-refractivity contribution in [3.8, 4) is 5.75 Å². The number of nitrogens with one attached hydrogen (secondary N) is 1. The summed E-state index contributed by atoms with van der Waals surface area (Å²) in [5.74, 6) is -0.600. The maximum Gasteiger partial charge on any atom is 0.318 e. The van der Waals surface area contributed by atoms with Crippen LogP contribution in [0, 0.1) is 0 Å². The van der Waals surface area contributed by atoms with Crippen molar-refractivity contribution in [2.24, 2.45) is 0 Å². The number of likely N-dealkylation sites (N-methyl/N-ethyl adjacent to an activating group) is 1. The van der Waals surface area contributed by atoms with E-state index in [4.69, 9.17) is 9.84 Å². The number of carboxylic acids is 1. The van der Waals surface area contributed by atoms with E-state index in [1.54, 1.807) is 6.07 Å². The third-order valence-electron chi connectivity index (χ3n) is 3.18. The summed E-state index contributed by atoms with van der Waals surface area (Å²) in [7, 11) is -3.85. The Hall–Kier alpha value is -1.80. The molecule has 1 aromatic carbocycles. The second-order valence-corrected chi connectivity index (χ2v) is 6.58. The molecule has 1 heterocycles. The van der Waals surface area contributed by atoms with Gasteiger partial charge in [0.2, 0.25) is 10.0 Å². The van der Waals surface area contributed by atoms with Crippen LogP contribution in [0.15, 0.2) is 23.1 Å². The van der Waals surface area contributed by atoms with Crippen LogP contribution in [0.1, 0.15) is 13.8 Å². The molecule has 0 aromatic heterocycles. The average molecular weight is 314 g/mol. The monoisotopic (exact) mass is 314 g/mol. The zero-order chi connectivity index (χ0) is 15.6. The highest BCUT2D eigenvalue weighted by atomic mass is 32.2. The van der Waals surface area contributed by atoms with Gasteiger partial charge in [0.25, 0.3) is 0 Å². The number of aliphatic carboxylic acids is 1. The summed E-state index contributed by atoms with van der Waals surface area (Å²) in [4.78, 5) is 12.5. The minimum absolute atomic E-state index is 0.0269. The zero-order valence-electron chi connectivity index (χ0n) is 11.9. The van der Waals surface area contributed by atoms with Gasteiger partial charge in [0, 0.05) is 6.54 Å². The largest absolute Gasteiger partial charge is 0.487 e. The summed E-state index contributed by atoms with van der Waals surface area (Å²) in [6, 6.07) is 4.52. The Bertz CT molecular complexity index is 644. The van der Waals surface area contributed by atoms with E-state index >= 15 is 0 Å². The third-order valence-corrected chi connectivity index (χ3v) is 4.58. The highest BCUT2D eigenvalue weighted by Gasteiger charge is 2.25. The highest BCUT2D eigenvalue weighted by Crippen LogP contribution is 2.35. The first kappa shape index (κ1) is 15.6. The van der Waals surface area contributed by atoms with Gasteiger partial charge in [0.05, 0.1) is 17.1 Å². The van der Waals surface area contributed by atoms with Crippen LogP contribution in [0.4, 0.5) is 5.69 Å². The number of hydrogen-bond donors (Lipinski definition) is 2. The number of ether oxygens (including phenoxy) is 1. The average Bonchev–Trinajstić information content (AvgIpc) is 2.43. The summed E-state index contributed by atoms with van der Waals surface area (Å²) in [6.07, 6.45) is 0.0324. The molecule has 8 heteroatoms. The summed E-state index contributed by atoms with van der Waals surface area (Å²) >= 11 is 0. The van der Waals surface area contributed by atoms with Gasteiger partial charge in [-0.25, -0.2) is 8.42 Å². The van der Waals surface area contributed by atoms with Crippen LogP contribution < -0.4 is 14.4 Å². The third kappa shape index (κ3) is 3.45. The fourth-order valence-electron chi connectivity index (χ4n) is 2.21. The smallest absolute Gasteiger partial charge is 0.318 e. The Kier molecular flexibility index (Phi) is 4.38. The number of nitrogens with zero attached hydrogens (tertiary/aromatic N) is 1. The number of hydrogen-bond acceptors (Lipinski definition) is 5. The molecule has 0 radical (unpaired) electrons. The lowest BCUT2D eigenvalue weighted by molar-refractivity contribution is -0.135. The maximum absolute atomic E-state index is 12.0. The van der Waals surface area contributed by atoms with Crippen molar-refractivity contribution in [3.05, 3.63) is 18.2 Å². The molecule has 21 heavy (non-hydrogen) atoms. The Labute approximate surface area is 123 Å². The van der Waals surface area contributed by atoms with Crippen LogP contribution >= 0.6 is 0 Å². The van der Waals surface area contributed by atoms with Gasteiger partial charge in [-0.3, -0.25) is 4.79 Å². The summed E-state index contributed by atoms with van der Waals surface area (Å²) in [5.41, 5.74) is 0.703. The van der Waals surface area contributed by atoms with Crippen LogP contribution in [-0.2, 0) is 14.8 Å². The van der Waals surface area contributed by atoms with Crippen LogP contribution in [0.25, 0.3) is 0 Å². The van der Waals surface area contributed by atoms with Crippen molar-refractivity contribution in [2.75, 3.05) is 24.5 Å². The van der Waals surface area contributed by atoms with Gasteiger partial charge >= 0.3 is 5.97 Å². The molecule has 1 atom stereocenters. The van der Waals surface area contributed by atoms with Crippen LogP contribution in [0.2, 0.25) is 0 Å². The van der Waals surface area contributed by atoms with E-state index in [9.17, 15) is 13.2 Å². The molecular formula is C13H18N2O5S. The number of rotatable bonds is 5. The molecule has 0 saturated carbocycles. The van der Waals surface area contributed by atoms with Crippen LogP contribution in [-0.4, -0.2) is 45.2 Å². The first-order valence-corrected chi connectivity index (χ1v) is 8.09. The van der Waals surface area contributed by atoms with Gasteiger partial charge in [-0.15, -0.1) is 0 Å². The SMILES string of the molecule is CCN1CC(C)Oc2ccc(S(=O)(=O)NCC(=O)O)cc21. The van der Waals surface area contributed by atoms with Gasteiger partial charge in [-0.1, -0.05) is 0 Å². The highest BCUT2D eigenvalue weighted by molar-refractivity contribution is 7.89. The molecule has 2 rings (SSSR count). The standard InChI is InChI=1S/C13H18N2O5S/c1-3-15-8-9(2)20-12-5-4-10(6-11(12)15)21(18,19)14-7-13(16)17/h4-6,9,14H,3,7-8H2,1-2H3,(H,16,17). The number of benzene rings is 1. The molecule has 0 spiro atoms.